The molecule has 0 heterocycles. The van der Waals surface area contributed by atoms with Gasteiger partial charge >= 0.3 is 0 Å². The predicted molar refractivity (Wildman–Crippen MR) is 53.6 cm³/mol. The van der Waals surface area contributed by atoms with Gasteiger partial charge in [0.25, 0.3) is 10.1 Å². The Morgan fingerprint density at radius 3 is 2.13 bits per heavy atom. The van der Waals surface area contributed by atoms with Gasteiger partial charge in [-0.2, -0.15) is 8.42 Å². The average molecular weight is 248 g/mol. The summed E-state index contributed by atoms with van der Waals surface area (Å²) in [4.78, 5) is -0.696. The van der Waals surface area contributed by atoms with Gasteiger partial charge in [-0.15, -0.1) is 0 Å². The number of benzene rings is 1. The van der Waals surface area contributed by atoms with Crippen molar-refractivity contribution < 1.29 is 21.4 Å². The third-order valence-electron chi connectivity index (χ3n) is 1.65. The highest BCUT2D eigenvalue weighted by atomic mass is 32.2. The fourth-order valence-electron chi connectivity index (χ4n) is 0.908. The van der Waals surface area contributed by atoms with Crippen LogP contribution in [0, 0.1) is 0 Å². The molecule has 5 nitrogen and oxygen atoms in total. The Morgan fingerprint density at radius 1 is 1.13 bits per heavy atom. The van der Waals surface area contributed by atoms with Crippen LogP contribution < -0.4 is 0 Å². The van der Waals surface area contributed by atoms with E-state index in [1.807, 2.05) is 0 Å². The first-order chi connectivity index (χ1) is 6.77. The number of hydrogen-bond acceptors (Lipinski definition) is 4. The Kier molecular flexibility index (Phi) is 2.98. The van der Waals surface area contributed by atoms with Crippen molar-refractivity contribution in [3.63, 3.8) is 0 Å². The molecular weight excluding hydrogens is 240 g/mol. The fraction of sp³-hybridized carbons (Fsp3) is 0. The van der Waals surface area contributed by atoms with Gasteiger partial charge in [-0.1, -0.05) is 12.6 Å². The van der Waals surface area contributed by atoms with Gasteiger partial charge in [-0.05, 0) is 18.2 Å². The van der Waals surface area contributed by atoms with Crippen LogP contribution in [0.1, 0.15) is 0 Å². The maximum absolute atomic E-state index is 11.3. The maximum atomic E-state index is 11.3. The highest BCUT2D eigenvalue weighted by molar-refractivity contribution is 7.94. The molecule has 0 spiro atoms. The van der Waals surface area contributed by atoms with Crippen molar-refractivity contribution in [1.29, 1.82) is 0 Å². The summed E-state index contributed by atoms with van der Waals surface area (Å²) in [5.41, 5.74) is 0. The predicted octanol–water partition coefficient (Wildman–Crippen LogP) is 0.851. The molecule has 0 atom stereocenters. The molecule has 0 aliphatic heterocycles. The molecule has 0 fully saturated rings. The van der Waals surface area contributed by atoms with Crippen molar-refractivity contribution >= 4 is 20.0 Å². The minimum atomic E-state index is -4.39. The lowest BCUT2D eigenvalue weighted by Gasteiger charge is -2.00. The monoisotopic (exact) mass is 248 g/mol. The standard InChI is InChI=1S/C8H8O5S2/c1-2-14(9,10)7-4-3-5-8(6-7)15(11,12)13/h2-6H,1H2,(H,11,12,13). The van der Waals surface area contributed by atoms with E-state index in [0.717, 1.165) is 12.1 Å². The summed E-state index contributed by atoms with van der Waals surface area (Å²) < 4.78 is 52.7. The summed E-state index contributed by atoms with van der Waals surface area (Å²) in [6.07, 6.45) is 0. The second-order valence-corrected chi connectivity index (χ2v) is 5.98. The molecule has 1 aromatic rings. The van der Waals surface area contributed by atoms with Crippen LogP contribution in [0.15, 0.2) is 46.0 Å². The van der Waals surface area contributed by atoms with Crippen molar-refractivity contribution in [2.45, 2.75) is 9.79 Å². The SMILES string of the molecule is C=CS(=O)(=O)c1cccc(S(=O)(=O)O)c1. The Bertz CT molecular complexity index is 583. The molecule has 82 valence electrons. The largest absolute Gasteiger partial charge is 0.294 e. The van der Waals surface area contributed by atoms with E-state index in [9.17, 15) is 16.8 Å². The van der Waals surface area contributed by atoms with Gasteiger partial charge in [0.2, 0.25) is 0 Å². The van der Waals surface area contributed by atoms with Gasteiger partial charge < -0.3 is 0 Å². The van der Waals surface area contributed by atoms with Crippen molar-refractivity contribution in [1.82, 2.24) is 0 Å². The van der Waals surface area contributed by atoms with Gasteiger partial charge in [0, 0.05) is 5.41 Å². The molecule has 15 heavy (non-hydrogen) atoms. The molecule has 0 saturated carbocycles. The Labute approximate surface area is 87.7 Å². The second kappa shape index (κ2) is 3.76. The molecule has 0 aromatic heterocycles. The number of rotatable bonds is 3. The fourth-order valence-corrected chi connectivity index (χ4v) is 2.26. The average Bonchev–Trinajstić information content (AvgIpc) is 2.17. The first-order valence-electron chi connectivity index (χ1n) is 3.72. The normalized spacial score (nSPS) is 12.3. The van der Waals surface area contributed by atoms with E-state index in [-0.39, 0.29) is 4.90 Å². The molecule has 0 amide bonds. The smallest absolute Gasteiger partial charge is 0.282 e. The lowest BCUT2D eigenvalue weighted by Crippen LogP contribution is -2.01. The third kappa shape index (κ3) is 2.65. The van der Waals surface area contributed by atoms with Crippen LogP contribution in [0.2, 0.25) is 0 Å². The van der Waals surface area contributed by atoms with Crippen LogP contribution >= 0.6 is 0 Å². The molecule has 7 heteroatoms. The van der Waals surface area contributed by atoms with Gasteiger partial charge in [-0.25, -0.2) is 8.42 Å². The highest BCUT2D eigenvalue weighted by Gasteiger charge is 2.14. The summed E-state index contributed by atoms with van der Waals surface area (Å²) in [5.74, 6) is 0. The van der Waals surface area contributed by atoms with E-state index in [4.69, 9.17) is 4.55 Å². The van der Waals surface area contributed by atoms with Crippen LogP contribution in [0.4, 0.5) is 0 Å². The van der Waals surface area contributed by atoms with E-state index < -0.39 is 24.9 Å². The minimum Gasteiger partial charge on any atom is -0.282 e. The molecule has 0 saturated heterocycles. The van der Waals surface area contributed by atoms with Crippen LogP contribution in [0.5, 0.6) is 0 Å². The van der Waals surface area contributed by atoms with Crippen molar-refractivity contribution in [3.8, 4) is 0 Å². The molecule has 0 aliphatic rings. The molecule has 1 N–H and O–H groups in total. The van der Waals surface area contributed by atoms with Gasteiger partial charge in [0.05, 0.1) is 9.79 Å². The van der Waals surface area contributed by atoms with Crippen molar-refractivity contribution in [3.05, 3.63) is 36.3 Å². The Morgan fingerprint density at radius 2 is 1.67 bits per heavy atom. The maximum Gasteiger partial charge on any atom is 0.294 e. The van der Waals surface area contributed by atoms with Gasteiger partial charge in [0.15, 0.2) is 9.84 Å². The summed E-state index contributed by atoms with van der Waals surface area (Å²) in [6, 6.07) is 4.40. The van der Waals surface area contributed by atoms with Crippen LogP contribution in [-0.4, -0.2) is 21.4 Å². The van der Waals surface area contributed by atoms with Crippen LogP contribution in [0.25, 0.3) is 0 Å². The van der Waals surface area contributed by atoms with Crippen molar-refractivity contribution in [2.75, 3.05) is 0 Å². The first kappa shape index (κ1) is 11.9. The van der Waals surface area contributed by atoms with E-state index >= 15 is 0 Å². The van der Waals surface area contributed by atoms with E-state index in [2.05, 4.69) is 6.58 Å². The Balaban J connectivity index is 3.46. The summed E-state index contributed by atoms with van der Waals surface area (Å²) in [5, 5.41) is 0.704. The van der Waals surface area contributed by atoms with Crippen molar-refractivity contribution in [2.24, 2.45) is 0 Å². The van der Waals surface area contributed by atoms with Gasteiger partial charge in [0.1, 0.15) is 0 Å². The summed E-state index contributed by atoms with van der Waals surface area (Å²) >= 11 is 0. The van der Waals surface area contributed by atoms with E-state index in [1.54, 1.807) is 0 Å². The third-order valence-corrected chi connectivity index (χ3v) is 3.85. The second-order valence-electron chi connectivity index (χ2n) is 2.66. The number of sulfone groups is 1. The lowest BCUT2D eigenvalue weighted by molar-refractivity contribution is 0.483. The molecule has 0 unspecified atom stereocenters. The lowest BCUT2D eigenvalue weighted by atomic mass is 10.4. The van der Waals surface area contributed by atoms with E-state index in [0.29, 0.717) is 5.41 Å². The summed E-state index contributed by atoms with van der Waals surface area (Å²) in [6.45, 7) is 3.10. The highest BCUT2D eigenvalue weighted by Crippen LogP contribution is 2.16. The van der Waals surface area contributed by atoms with Crippen LogP contribution in [0.3, 0.4) is 0 Å². The quantitative estimate of drug-likeness (QED) is 0.801. The van der Waals surface area contributed by atoms with Gasteiger partial charge in [-0.3, -0.25) is 4.55 Å². The first-order valence-corrected chi connectivity index (χ1v) is 6.71. The van der Waals surface area contributed by atoms with Crippen LogP contribution in [-0.2, 0) is 20.0 Å². The zero-order chi connectivity index (χ0) is 11.7. The molecule has 0 bridgehead atoms. The molecule has 0 aliphatic carbocycles. The zero-order valence-corrected chi connectivity index (χ0v) is 9.12. The van der Waals surface area contributed by atoms with E-state index in [1.165, 1.54) is 12.1 Å². The zero-order valence-electron chi connectivity index (χ0n) is 7.49. The summed E-state index contributed by atoms with van der Waals surface area (Å²) in [7, 11) is -8.09. The molecule has 0 radical (unpaired) electrons. The minimum absolute atomic E-state index is 0.229. The Hall–Kier alpha value is -1.18. The molecular formula is C8H8O5S2. The topological polar surface area (TPSA) is 88.5 Å². The molecule has 1 rings (SSSR count). The number of hydrogen-bond donors (Lipinski definition) is 1. The molecule has 1 aromatic carbocycles.